The summed E-state index contributed by atoms with van der Waals surface area (Å²) in [7, 11) is -4.30. The number of rotatable bonds is 35. The minimum atomic E-state index is -4.30. The van der Waals surface area contributed by atoms with Gasteiger partial charge in [0.25, 0.3) is 0 Å². The second kappa shape index (κ2) is 32.4. The second-order valence-electron chi connectivity index (χ2n) is 12.8. The predicted octanol–water partition coefficient (Wildman–Crippen LogP) is 9.50. The first-order valence-electron chi connectivity index (χ1n) is 18.7. The molecular formula is C35H73N2O6P. The molecule has 0 aromatic rings. The number of aliphatic hydroxyl groups excluding tert-OH is 1. The molecule has 0 radical (unpaired) electrons. The summed E-state index contributed by atoms with van der Waals surface area (Å²) >= 11 is 0. The molecule has 0 saturated carbocycles. The van der Waals surface area contributed by atoms with Gasteiger partial charge in [0.05, 0.1) is 25.4 Å². The molecule has 0 aliphatic rings. The highest BCUT2D eigenvalue weighted by Gasteiger charge is 2.27. The first-order chi connectivity index (χ1) is 21.4. The summed E-state index contributed by atoms with van der Waals surface area (Å²) < 4.78 is 22.0. The van der Waals surface area contributed by atoms with E-state index in [1.54, 1.807) is 0 Å². The molecular weight excluding hydrogens is 575 g/mol. The van der Waals surface area contributed by atoms with Crippen LogP contribution >= 0.6 is 7.82 Å². The van der Waals surface area contributed by atoms with Gasteiger partial charge in [-0.05, 0) is 12.8 Å². The standard InChI is InChI=1S/C35H73N2O6P/c1-3-5-7-9-11-13-14-15-16-17-18-19-21-23-25-27-29-35(39)37-33(32-43-44(40,41)42-31-30-36)34(38)28-26-24-22-20-12-10-8-6-4-2/h33-34,38H,3-32,36H2,1-2H3,(H,37,39)(H,40,41)/t33-,34+/m0/s1. The van der Waals surface area contributed by atoms with Gasteiger partial charge in [0.1, 0.15) is 0 Å². The van der Waals surface area contributed by atoms with E-state index in [-0.39, 0.29) is 25.7 Å². The Balaban J connectivity index is 4.16. The fourth-order valence-corrected chi connectivity index (χ4v) is 6.37. The normalized spacial score (nSPS) is 14.4. The highest BCUT2D eigenvalue weighted by atomic mass is 31.2. The van der Waals surface area contributed by atoms with E-state index in [1.165, 1.54) is 122 Å². The van der Waals surface area contributed by atoms with Crippen LogP contribution in [0.4, 0.5) is 0 Å². The van der Waals surface area contributed by atoms with E-state index in [0.717, 1.165) is 38.5 Å². The van der Waals surface area contributed by atoms with Gasteiger partial charge < -0.3 is 21.1 Å². The van der Waals surface area contributed by atoms with Crippen LogP contribution < -0.4 is 11.1 Å². The van der Waals surface area contributed by atoms with Crippen molar-refractivity contribution in [2.75, 3.05) is 19.8 Å². The molecule has 0 aromatic carbocycles. The number of carbonyl (C=O) groups excluding carboxylic acids is 1. The largest absolute Gasteiger partial charge is 0.472 e. The number of nitrogens with one attached hydrogen (secondary N) is 1. The molecule has 44 heavy (non-hydrogen) atoms. The molecule has 5 N–H and O–H groups in total. The Morgan fingerprint density at radius 3 is 1.45 bits per heavy atom. The molecule has 264 valence electrons. The number of carbonyl (C=O) groups is 1. The lowest BCUT2D eigenvalue weighted by Crippen LogP contribution is -2.46. The average molecular weight is 649 g/mol. The fraction of sp³-hybridized carbons (Fsp3) is 0.971. The maximum Gasteiger partial charge on any atom is 0.472 e. The third kappa shape index (κ3) is 30.2. The van der Waals surface area contributed by atoms with Crippen molar-refractivity contribution in [1.29, 1.82) is 0 Å². The number of nitrogens with two attached hydrogens (primary N) is 1. The van der Waals surface area contributed by atoms with Crippen LogP contribution in [0, 0.1) is 0 Å². The number of unbranched alkanes of at least 4 members (excludes halogenated alkanes) is 23. The van der Waals surface area contributed by atoms with Crippen molar-refractivity contribution in [3.8, 4) is 0 Å². The zero-order valence-electron chi connectivity index (χ0n) is 28.9. The van der Waals surface area contributed by atoms with Gasteiger partial charge in [-0.15, -0.1) is 0 Å². The molecule has 3 atom stereocenters. The quantitative estimate of drug-likeness (QED) is 0.0398. The summed E-state index contributed by atoms with van der Waals surface area (Å²) in [5.41, 5.74) is 5.35. The van der Waals surface area contributed by atoms with Gasteiger partial charge in [-0.3, -0.25) is 13.8 Å². The SMILES string of the molecule is CCCCCCCCCCCCCCCCCCC(=O)N[C@@H](COP(=O)(O)OCCN)[C@H](O)CCCCCCCCCCC. The molecule has 0 aromatic heterocycles. The summed E-state index contributed by atoms with van der Waals surface area (Å²) in [6.07, 6.45) is 31.1. The Labute approximate surface area is 272 Å². The zero-order chi connectivity index (χ0) is 32.6. The van der Waals surface area contributed by atoms with Crippen molar-refractivity contribution in [3.63, 3.8) is 0 Å². The number of amides is 1. The molecule has 0 spiro atoms. The zero-order valence-corrected chi connectivity index (χ0v) is 29.8. The summed E-state index contributed by atoms with van der Waals surface area (Å²) in [5, 5.41) is 13.7. The summed E-state index contributed by atoms with van der Waals surface area (Å²) in [5.74, 6) is -0.161. The number of aliphatic hydroxyl groups is 1. The highest BCUT2D eigenvalue weighted by molar-refractivity contribution is 7.47. The van der Waals surface area contributed by atoms with Crippen molar-refractivity contribution in [2.24, 2.45) is 5.73 Å². The Hall–Kier alpha value is -0.500. The van der Waals surface area contributed by atoms with Gasteiger partial charge >= 0.3 is 7.82 Å². The third-order valence-corrected chi connectivity index (χ3v) is 9.45. The minimum Gasteiger partial charge on any atom is -0.391 e. The van der Waals surface area contributed by atoms with Crippen LogP contribution in [0.1, 0.15) is 187 Å². The molecule has 9 heteroatoms. The van der Waals surface area contributed by atoms with Crippen molar-refractivity contribution in [2.45, 2.75) is 199 Å². The summed E-state index contributed by atoms with van der Waals surface area (Å²) in [4.78, 5) is 22.5. The van der Waals surface area contributed by atoms with Crippen molar-refractivity contribution in [1.82, 2.24) is 5.32 Å². The Bertz CT molecular complexity index is 669. The number of hydrogen-bond donors (Lipinski definition) is 4. The van der Waals surface area contributed by atoms with Crippen molar-refractivity contribution < 1.29 is 28.4 Å². The minimum absolute atomic E-state index is 0.0919. The van der Waals surface area contributed by atoms with E-state index >= 15 is 0 Å². The van der Waals surface area contributed by atoms with Crippen molar-refractivity contribution in [3.05, 3.63) is 0 Å². The van der Waals surface area contributed by atoms with Gasteiger partial charge in [0.2, 0.25) is 5.91 Å². The monoisotopic (exact) mass is 649 g/mol. The van der Waals surface area contributed by atoms with Gasteiger partial charge in [-0.2, -0.15) is 0 Å². The number of phosphoric ester groups is 1. The molecule has 0 bridgehead atoms. The van der Waals surface area contributed by atoms with E-state index < -0.39 is 20.0 Å². The lowest BCUT2D eigenvalue weighted by Gasteiger charge is -2.25. The van der Waals surface area contributed by atoms with Crippen LogP contribution in [0.15, 0.2) is 0 Å². The van der Waals surface area contributed by atoms with Crippen LogP contribution in [-0.2, 0) is 18.4 Å². The summed E-state index contributed by atoms with van der Waals surface area (Å²) in [6.45, 7) is 4.19. The molecule has 0 saturated heterocycles. The Morgan fingerprint density at radius 1 is 0.659 bits per heavy atom. The van der Waals surface area contributed by atoms with Crippen LogP contribution in [-0.4, -0.2) is 47.8 Å². The van der Waals surface area contributed by atoms with Crippen LogP contribution in [0.2, 0.25) is 0 Å². The van der Waals surface area contributed by atoms with Crippen molar-refractivity contribution >= 4 is 13.7 Å². The van der Waals surface area contributed by atoms with E-state index in [0.29, 0.717) is 12.8 Å². The molecule has 1 unspecified atom stereocenters. The topological polar surface area (TPSA) is 131 Å². The van der Waals surface area contributed by atoms with Gasteiger partial charge in [0, 0.05) is 13.0 Å². The van der Waals surface area contributed by atoms with Gasteiger partial charge in [0.15, 0.2) is 0 Å². The van der Waals surface area contributed by atoms with Gasteiger partial charge in [-0.1, -0.05) is 168 Å². The maximum atomic E-state index is 12.7. The van der Waals surface area contributed by atoms with Crippen LogP contribution in [0.25, 0.3) is 0 Å². The first kappa shape index (κ1) is 43.5. The van der Waals surface area contributed by atoms with E-state index in [2.05, 4.69) is 19.2 Å². The van der Waals surface area contributed by atoms with E-state index in [9.17, 15) is 19.4 Å². The molecule has 0 fully saturated rings. The molecule has 0 aliphatic heterocycles. The molecule has 1 amide bonds. The number of phosphoric acid groups is 1. The van der Waals surface area contributed by atoms with Crippen LogP contribution in [0.3, 0.4) is 0 Å². The average Bonchev–Trinajstić information content (AvgIpc) is 3.01. The molecule has 0 aliphatic carbocycles. The molecule has 0 heterocycles. The van der Waals surface area contributed by atoms with E-state index in [4.69, 9.17) is 14.8 Å². The Kier molecular flexibility index (Phi) is 32.1. The lowest BCUT2D eigenvalue weighted by molar-refractivity contribution is -0.123. The Morgan fingerprint density at radius 2 is 1.05 bits per heavy atom. The smallest absolute Gasteiger partial charge is 0.391 e. The first-order valence-corrected chi connectivity index (χ1v) is 20.1. The highest BCUT2D eigenvalue weighted by Crippen LogP contribution is 2.43. The van der Waals surface area contributed by atoms with E-state index in [1.807, 2.05) is 0 Å². The maximum absolute atomic E-state index is 12.7. The third-order valence-electron chi connectivity index (χ3n) is 8.46. The van der Waals surface area contributed by atoms with Gasteiger partial charge in [-0.25, -0.2) is 4.57 Å². The molecule has 0 rings (SSSR count). The summed E-state index contributed by atoms with van der Waals surface area (Å²) in [6, 6.07) is -0.764. The number of hydrogen-bond acceptors (Lipinski definition) is 6. The fourth-order valence-electron chi connectivity index (χ4n) is 5.61. The second-order valence-corrected chi connectivity index (χ2v) is 14.3. The molecule has 8 nitrogen and oxygen atoms in total. The van der Waals surface area contributed by atoms with Crippen LogP contribution in [0.5, 0.6) is 0 Å². The lowest BCUT2D eigenvalue weighted by atomic mass is 10.0. The predicted molar refractivity (Wildman–Crippen MR) is 185 cm³/mol.